The minimum absolute atomic E-state index is 0.0822. The third-order valence-corrected chi connectivity index (χ3v) is 3.47. The van der Waals surface area contributed by atoms with Crippen LogP contribution >= 0.6 is 0 Å². The highest BCUT2D eigenvalue weighted by Crippen LogP contribution is 2.31. The Morgan fingerprint density at radius 2 is 1.82 bits per heavy atom. The van der Waals surface area contributed by atoms with Gasteiger partial charge in [-0.25, -0.2) is 0 Å². The molecule has 0 bridgehead atoms. The van der Waals surface area contributed by atoms with Gasteiger partial charge in [-0.2, -0.15) is 0 Å². The van der Waals surface area contributed by atoms with E-state index in [1.54, 1.807) is 18.7 Å². The Kier molecular flexibility index (Phi) is 2.93. The number of rotatable bonds is 2. The van der Waals surface area contributed by atoms with Crippen molar-refractivity contribution in [1.29, 1.82) is 0 Å². The number of nitrogens with zero attached hydrogens (tertiary/aromatic N) is 2. The van der Waals surface area contributed by atoms with Crippen LogP contribution in [0.4, 0.5) is 0 Å². The summed E-state index contributed by atoms with van der Waals surface area (Å²) in [4.78, 5) is 38.3. The predicted molar refractivity (Wildman–Crippen MR) is 60.9 cm³/mol. The summed E-state index contributed by atoms with van der Waals surface area (Å²) >= 11 is 0. The smallest absolute Gasteiger partial charge is 0.242 e. The van der Waals surface area contributed by atoms with E-state index in [1.165, 1.54) is 0 Å². The minimum Gasteiger partial charge on any atom is -0.341 e. The third kappa shape index (κ3) is 2.18. The van der Waals surface area contributed by atoms with Crippen LogP contribution in [0.5, 0.6) is 0 Å². The maximum absolute atomic E-state index is 11.9. The molecule has 94 valence electrons. The molecule has 0 radical (unpaired) electrons. The first-order valence-electron chi connectivity index (χ1n) is 6.04. The summed E-state index contributed by atoms with van der Waals surface area (Å²) in [5.41, 5.74) is -0.650. The highest BCUT2D eigenvalue weighted by molar-refractivity contribution is 6.07. The van der Waals surface area contributed by atoms with Gasteiger partial charge in [-0.1, -0.05) is 13.8 Å². The zero-order valence-corrected chi connectivity index (χ0v) is 10.4. The molecule has 0 N–H and O–H groups in total. The number of carbonyl (C=O) groups is 3. The molecule has 2 aliphatic heterocycles. The number of hydrogen-bond acceptors (Lipinski definition) is 3. The Morgan fingerprint density at radius 1 is 1.24 bits per heavy atom. The summed E-state index contributed by atoms with van der Waals surface area (Å²) in [5.74, 6) is -0.565. The van der Waals surface area contributed by atoms with Crippen molar-refractivity contribution in [3.05, 3.63) is 0 Å². The van der Waals surface area contributed by atoms with Crippen LogP contribution in [0.1, 0.15) is 33.1 Å². The van der Waals surface area contributed by atoms with Crippen molar-refractivity contribution in [3.8, 4) is 0 Å². The molecule has 2 aliphatic rings. The van der Waals surface area contributed by atoms with Gasteiger partial charge < -0.3 is 4.90 Å². The summed E-state index contributed by atoms with van der Waals surface area (Å²) in [6, 6.07) is 0. The standard InChI is InChI=1S/C12H18N2O3/c1-12(2)7-9(15)14(11(12)17)8-10(16)13-5-3-4-6-13/h3-8H2,1-2H3. The van der Waals surface area contributed by atoms with E-state index in [-0.39, 0.29) is 30.7 Å². The van der Waals surface area contributed by atoms with Crippen molar-refractivity contribution in [1.82, 2.24) is 9.80 Å². The van der Waals surface area contributed by atoms with Crippen molar-refractivity contribution in [2.45, 2.75) is 33.1 Å². The highest BCUT2D eigenvalue weighted by Gasteiger charge is 2.45. The largest absolute Gasteiger partial charge is 0.341 e. The van der Waals surface area contributed by atoms with Gasteiger partial charge in [0, 0.05) is 19.5 Å². The molecule has 0 saturated carbocycles. The number of hydrogen-bond donors (Lipinski definition) is 0. The molecule has 0 aromatic carbocycles. The van der Waals surface area contributed by atoms with Crippen LogP contribution in [0.3, 0.4) is 0 Å². The van der Waals surface area contributed by atoms with Crippen molar-refractivity contribution < 1.29 is 14.4 Å². The van der Waals surface area contributed by atoms with Gasteiger partial charge in [0.25, 0.3) is 0 Å². The maximum Gasteiger partial charge on any atom is 0.242 e. The quantitative estimate of drug-likeness (QED) is 0.654. The number of amides is 3. The number of imide groups is 1. The van der Waals surface area contributed by atoms with Crippen molar-refractivity contribution in [3.63, 3.8) is 0 Å². The molecule has 5 nitrogen and oxygen atoms in total. The number of carbonyl (C=O) groups excluding carboxylic acids is 3. The Labute approximate surface area is 101 Å². The Hall–Kier alpha value is -1.39. The SMILES string of the molecule is CC1(C)CC(=O)N(CC(=O)N2CCCC2)C1=O. The normalized spacial score (nSPS) is 23.6. The van der Waals surface area contributed by atoms with Crippen LogP contribution in [-0.2, 0) is 14.4 Å². The molecule has 2 rings (SSSR count). The molecule has 0 atom stereocenters. The van der Waals surface area contributed by atoms with E-state index < -0.39 is 5.41 Å². The molecular weight excluding hydrogens is 220 g/mol. The van der Waals surface area contributed by atoms with Crippen LogP contribution in [-0.4, -0.2) is 47.2 Å². The van der Waals surface area contributed by atoms with Gasteiger partial charge in [0.2, 0.25) is 17.7 Å². The molecule has 2 heterocycles. The third-order valence-electron chi connectivity index (χ3n) is 3.47. The second kappa shape index (κ2) is 4.13. The summed E-state index contributed by atoms with van der Waals surface area (Å²) in [7, 11) is 0. The maximum atomic E-state index is 11.9. The van der Waals surface area contributed by atoms with Gasteiger partial charge in [0.05, 0.1) is 5.41 Å². The highest BCUT2D eigenvalue weighted by atomic mass is 16.2. The molecule has 2 fully saturated rings. The molecule has 0 aromatic heterocycles. The van der Waals surface area contributed by atoms with E-state index in [9.17, 15) is 14.4 Å². The molecule has 17 heavy (non-hydrogen) atoms. The Bertz CT molecular complexity index is 370. The van der Waals surface area contributed by atoms with E-state index in [4.69, 9.17) is 0 Å². The van der Waals surface area contributed by atoms with Crippen LogP contribution in [0.15, 0.2) is 0 Å². The topological polar surface area (TPSA) is 57.7 Å². The molecule has 5 heteroatoms. The van der Waals surface area contributed by atoms with E-state index in [0.717, 1.165) is 30.8 Å². The lowest BCUT2D eigenvalue weighted by atomic mass is 9.92. The second-order valence-corrected chi connectivity index (χ2v) is 5.43. The number of likely N-dealkylation sites (tertiary alicyclic amines) is 2. The van der Waals surface area contributed by atoms with Crippen LogP contribution < -0.4 is 0 Å². The first-order chi connectivity index (χ1) is 7.92. The van der Waals surface area contributed by atoms with Gasteiger partial charge in [-0.3, -0.25) is 19.3 Å². The first kappa shape index (κ1) is 12.1. The minimum atomic E-state index is -0.650. The molecule has 0 aliphatic carbocycles. The van der Waals surface area contributed by atoms with Gasteiger partial charge >= 0.3 is 0 Å². The average Bonchev–Trinajstić information content (AvgIpc) is 2.81. The first-order valence-corrected chi connectivity index (χ1v) is 6.04. The summed E-state index contributed by atoms with van der Waals surface area (Å²) < 4.78 is 0. The van der Waals surface area contributed by atoms with E-state index >= 15 is 0 Å². The molecular formula is C12H18N2O3. The molecule has 0 unspecified atom stereocenters. The van der Waals surface area contributed by atoms with Gasteiger partial charge in [-0.05, 0) is 12.8 Å². The molecule has 2 saturated heterocycles. The average molecular weight is 238 g/mol. The summed E-state index contributed by atoms with van der Waals surface area (Å²) in [6.45, 7) is 4.90. The molecule has 3 amide bonds. The second-order valence-electron chi connectivity index (χ2n) is 5.43. The Morgan fingerprint density at radius 3 is 2.29 bits per heavy atom. The van der Waals surface area contributed by atoms with Crippen LogP contribution in [0.25, 0.3) is 0 Å². The van der Waals surface area contributed by atoms with Crippen LogP contribution in [0.2, 0.25) is 0 Å². The predicted octanol–water partition coefficient (Wildman–Crippen LogP) is 0.394. The fourth-order valence-electron chi connectivity index (χ4n) is 2.39. The van der Waals surface area contributed by atoms with E-state index in [0.29, 0.717) is 0 Å². The zero-order chi connectivity index (χ0) is 12.6. The Balaban J connectivity index is 2.01. The van der Waals surface area contributed by atoms with Gasteiger partial charge in [0.1, 0.15) is 6.54 Å². The van der Waals surface area contributed by atoms with Crippen LogP contribution in [0, 0.1) is 5.41 Å². The van der Waals surface area contributed by atoms with E-state index in [1.807, 2.05) is 0 Å². The summed E-state index contributed by atoms with van der Waals surface area (Å²) in [5, 5.41) is 0. The van der Waals surface area contributed by atoms with Gasteiger partial charge in [0.15, 0.2) is 0 Å². The van der Waals surface area contributed by atoms with Gasteiger partial charge in [-0.15, -0.1) is 0 Å². The monoisotopic (exact) mass is 238 g/mol. The summed E-state index contributed by atoms with van der Waals surface area (Å²) in [6.07, 6.45) is 2.23. The lowest BCUT2D eigenvalue weighted by molar-refractivity contribution is -0.146. The van der Waals surface area contributed by atoms with E-state index in [2.05, 4.69) is 0 Å². The fourth-order valence-corrected chi connectivity index (χ4v) is 2.39. The lowest BCUT2D eigenvalue weighted by Gasteiger charge is -2.21. The molecule has 0 spiro atoms. The van der Waals surface area contributed by atoms with Crippen molar-refractivity contribution in [2.24, 2.45) is 5.41 Å². The zero-order valence-electron chi connectivity index (χ0n) is 10.4. The fraction of sp³-hybridized carbons (Fsp3) is 0.750. The molecule has 0 aromatic rings. The lowest BCUT2D eigenvalue weighted by Crippen LogP contribution is -2.42. The van der Waals surface area contributed by atoms with Crippen molar-refractivity contribution in [2.75, 3.05) is 19.6 Å². The van der Waals surface area contributed by atoms with Crippen molar-refractivity contribution >= 4 is 17.7 Å².